The molecule has 4 heterocycles. The topological polar surface area (TPSA) is 167 Å². The fourth-order valence-electron chi connectivity index (χ4n) is 5.00. The molecule has 2 unspecified atom stereocenters. The van der Waals surface area contributed by atoms with Gasteiger partial charge in [-0.25, -0.2) is 9.97 Å². The molecule has 7 N–H and O–H groups in total. The zero-order valence-corrected chi connectivity index (χ0v) is 18.6. The van der Waals surface area contributed by atoms with Crippen LogP contribution in [0.25, 0.3) is 10.9 Å². The predicted molar refractivity (Wildman–Crippen MR) is 127 cm³/mol. The van der Waals surface area contributed by atoms with Crippen molar-refractivity contribution in [3.05, 3.63) is 58.6 Å². The number of hydrogen-bond donors (Lipinski definition) is 5. The standard InChI is InChI=1S/C22H20ClN9O2/c23-16-18(25)29-17(24)15(28-16)19(33)30-21-27-9-22(31-21)7-11-6-10(22)8-32(11)20(34)13-2-1-3-14-12(13)4-5-26-14/h1-5,8,11,26H,6-7,9H2,(H4,24,25,29)(H2,27,30,31,33). The Morgan fingerprint density at radius 3 is 2.85 bits per heavy atom. The molecule has 0 radical (unpaired) electrons. The SMILES string of the molecule is Nc1nc(N)c(C(=O)NC2=NCC3(CC4CC3=CN4C(=O)c3cccc4[nH]ccc34)N2)nc1Cl. The minimum Gasteiger partial charge on any atom is -0.382 e. The van der Waals surface area contributed by atoms with E-state index in [0.29, 0.717) is 24.5 Å². The van der Waals surface area contributed by atoms with Crippen molar-refractivity contribution in [2.45, 2.75) is 24.4 Å². The first-order valence-corrected chi connectivity index (χ1v) is 11.0. The minimum absolute atomic E-state index is 0.0202. The van der Waals surface area contributed by atoms with Crippen LogP contribution in [-0.4, -0.2) is 55.8 Å². The number of nitrogen functional groups attached to an aromatic ring is 2. The fraction of sp³-hybridized carbons (Fsp3) is 0.227. The number of hydrogen-bond acceptors (Lipinski definition) is 8. The van der Waals surface area contributed by atoms with Crippen molar-refractivity contribution in [3.63, 3.8) is 0 Å². The Labute approximate surface area is 198 Å². The number of nitrogens with one attached hydrogen (secondary N) is 3. The van der Waals surface area contributed by atoms with Gasteiger partial charge in [0.25, 0.3) is 11.8 Å². The van der Waals surface area contributed by atoms with Crippen molar-refractivity contribution in [1.29, 1.82) is 0 Å². The molecule has 11 nitrogen and oxygen atoms in total. The molecule has 2 atom stereocenters. The molecule has 2 bridgehead atoms. The lowest BCUT2D eigenvalue weighted by Gasteiger charge is -2.33. The first kappa shape index (κ1) is 20.5. The average molecular weight is 478 g/mol. The molecular formula is C22H20ClN9O2. The van der Waals surface area contributed by atoms with E-state index in [1.54, 1.807) is 0 Å². The molecule has 0 saturated heterocycles. The maximum Gasteiger partial charge on any atom is 0.280 e. The van der Waals surface area contributed by atoms with Crippen molar-refractivity contribution < 1.29 is 9.59 Å². The van der Waals surface area contributed by atoms with Crippen molar-refractivity contribution in [1.82, 2.24) is 30.5 Å². The second-order valence-electron chi connectivity index (χ2n) is 8.63. The van der Waals surface area contributed by atoms with Crippen LogP contribution in [0, 0.1) is 0 Å². The van der Waals surface area contributed by atoms with Crippen LogP contribution in [0.5, 0.6) is 0 Å². The van der Waals surface area contributed by atoms with Crippen LogP contribution < -0.4 is 22.1 Å². The molecule has 1 saturated carbocycles. The predicted octanol–water partition coefficient (Wildman–Crippen LogP) is 1.41. The largest absolute Gasteiger partial charge is 0.382 e. The van der Waals surface area contributed by atoms with Gasteiger partial charge in [-0.15, -0.1) is 0 Å². The number of carbonyl (C=O) groups is 2. The number of aromatic nitrogens is 3. The van der Waals surface area contributed by atoms with Gasteiger partial charge < -0.3 is 26.7 Å². The second kappa shape index (κ2) is 7.19. The number of nitrogens with two attached hydrogens (primary N) is 2. The number of aromatic amines is 1. The number of carbonyl (C=O) groups excluding carboxylic acids is 2. The molecule has 2 aliphatic heterocycles. The van der Waals surface area contributed by atoms with Crippen LogP contribution in [0.2, 0.25) is 5.15 Å². The number of benzene rings is 1. The van der Waals surface area contributed by atoms with Gasteiger partial charge in [0, 0.05) is 34.9 Å². The third kappa shape index (κ3) is 3.00. The van der Waals surface area contributed by atoms with Gasteiger partial charge in [-0.2, -0.15) is 0 Å². The summed E-state index contributed by atoms with van der Waals surface area (Å²) < 4.78 is 0. The summed E-state index contributed by atoms with van der Waals surface area (Å²) in [6.07, 6.45) is 5.19. The van der Waals surface area contributed by atoms with Crippen LogP contribution in [-0.2, 0) is 0 Å². The summed E-state index contributed by atoms with van der Waals surface area (Å²) in [4.78, 5) is 43.1. The number of rotatable bonds is 2. The van der Waals surface area contributed by atoms with E-state index >= 15 is 0 Å². The molecule has 3 aliphatic rings. The minimum atomic E-state index is -0.594. The van der Waals surface area contributed by atoms with Crippen LogP contribution in [0.1, 0.15) is 33.7 Å². The molecule has 3 aromatic rings. The fourth-order valence-corrected chi connectivity index (χ4v) is 5.13. The molecule has 34 heavy (non-hydrogen) atoms. The van der Waals surface area contributed by atoms with Crippen LogP contribution in [0.15, 0.2) is 47.2 Å². The number of fused-ring (bicyclic) bond motifs is 4. The van der Waals surface area contributed by atoms with E-state index in [0.717, 1.165) is 22.9 Å². The number of H-pyrrole nitrogens is 1. The van der Waals surface area contributed by atoms with Crippen molar-refractivity contribution in [2.24, 2.45) is 4.99 Å². The van der Waals surface area contributed by atoms with E-state index in [4.69, 9.17) is 23.1 Å². The van der Waals surface area contributed by atoms with Crippen molar-refractivity contribution >= 4 is 51.9 Å². The van der Waals surface area contributed by atoms with Gasteiger partial charge in [0.2, 0.25) is 0 Å². The lowest BCUT2D eigenvalue weighted by Crippen LogP contribution is -2.53. The van der Waals surface area contributed by atoms with Gasteiger partial charge in [0.1, 0.15) is 0 Å². The molecule has 1 aliphatic carbocycles. The maximum atomic E-state index is 13.3. The Morgan fingerprint density at radius 2 is 2.06 bits per heavy atom. The van der Waals surface area contributed by atoms with Gasteiger partial charge >= 0.3 is 0 Å². The molecule has 172 valence electrons. The lowest BCUT2D eigenvalue weighted by molar-refractivity contribution is 0.0772. The number of amides is 2. The molecular weight excluding hydrogens is 458 g/mol. The number of guanidine groups is 1. The molecule has 6 rings (SSSR count). The first-order valence-electron chi connectivity index (χ1n) is 10.7. The van der Waals surface area contributed by atoms with E-state index in [-0.39, 0.29) is 34.4 Å². The summed E-state index contributed by atoms with van der Waals surface area (Å²) >= 11 is 5.88. The summed E-state index contributed by atoms with van der Waals surface area (Å²) in [5, 5.41) is 6.81. The number of nitrogens with zero attached hydrogens (tertiary/aromatic N) is 4. The third-order valence-electron chi connectivity index (χ3n) is 6.62. The second-order valence-corrected chi connectivity index (χ2v) is 8.99. The summed E-state index contributed by atoms with van der Waals surface area (Å²) in [7, 11) is 0. The molecule has 12 heteroatoms. The first-order chi connectivity index (χ1) is 16.3. The zero-order chi connectivity index (χ0) is 23.6. The van der Waals surface area contributed by atoms with Gasteiger partial charge in [0.15, 0.2) is 28.4 Å². The smallest absolute Gasteiger partial charge is 0.280 e. The van der Waals surface area contributed by atoms with Crippen molar-refractivity contribution in [2.75, 3.05) is 18.0 Å². The van der Waals surface area contributed by atoms with E-state index in [9.17, 15) is 9.59 Å². The van der Waals surface area contributed by atoms with E-state index in [2.05, 4.69) is 30.6 Å². The van der Waals surface area contributed by atoms with Gasteiger partial charge in [-0.1, -0.05) is 17.7 Å². The Hall–Kier alpha value is -4.12. The molecule has 1 fully saturated rings. The normalized spacial score (nSPS) is 22.7. The van der Waals surface area contributed by atoms with Crippen LogP contribution >= 0.6 is 11.6 Å². The summed E-state index contributed by atoms with van der Waals surface area (Å²) in [6, 6.07) is 7.61. The Morgan fingerprint density at radius 1 is 1.21 bits per heavy atom. The van der Waals surface area contributed by atoms with E-state index in [1.807, 2.05) is 41.6 Å². The summed E-state index contributed by atoms with van der Waals surface area (Å²) in [6.45, 7) is 0.448. The average Bonchev–Trinajstić information content (AvgIpc) is 3.59. The lowest BCUT2D eigenvalue weighted by atomic mass is 9.92. The van der Waals surface area contributed by atoms with E-state index < -0.39 is 11.4 Å². The van der Waals surface area contributed by atoms with Crippen LogP contribution in [0.4, 0.5) is 11.6 Å². The summed E-state index contributed by atoms with van der Waals surface area (Å²) in [5.41, 5.74) is 13.5. The zero-order valence-electron chi connectivity index (χ0n) is 17.8. The number of anilines is 2. The monoisotopic (exact) mass is 477 g/mol. The third-order valence-corrected chi connectivity index (χ3v) is 6.90. The van der Waals surface area contributed by atoms with Gasteiger partial charge in [-0.3, -0.25) is 19.9 Å². The Kier molecular flexibility index (Phi) is 4.33. The Bertz CT molecular complexity index is 1450. The highest BCUT2D eigenvalue weighted by molar-refractivity contribution is 6.31. The molecule has 1 aromatic carbocycles. The quantitative estimate of drug-likeness (QED) is 0.371. The summed E-state index contributed by atoms with van der Waals surface area (Å²) in [5.74, 6) is -0.484. The number of aliphatic imine (C=N–C) groups is 1. The molecule has 2 aromatic heterocycles. The number of halogens is 1. The molecule has 2 amide bonds. The van der Waals surface area contributed by atoms with Gasteiger partial charge in [-0.05, 0) is 36.6 Å². The highest BCUT2D eigenvalue weighted by Crippen LogP contribution is 2.45. The Balaban J connectivity index is 1.18. The maximum absolute atomic E-state index is 13.3. The highest BCUT2D eigenvalue weighted by Gasteiger charge is 2.53. The van der Waals surface area contributed by atoms with Crippen molar-refractivity contribution in [3.8, 4) is 0 Å². The van der Waals surface area contributed by atoms with Crippen LogP contribution in [0.3, 0.4) is 0 Å². The van der Waals surface area contributed by atoms with E-state index in [1.165, 1.54) is 0 Å². The molecule has 1 spiro atoms. The van der Waals surface area contributed by atoms with Gasteiger partial charge in [0.05, 0.1) is 12.1 Å². The highest BCUT2D eigenvalue weighted by atomic mass is 35.5.